The monoisotopic (exact) mass is 374 g/mol. The van der Waals surface area contributed by atoms with Crippen LogP contribution in [0.2, 0.25) is 0 Å². The van der Waals surface area contributed by atoms with Crippen LogP contribution in [0.3, 0.4) is 0 Å². The molecule has 8 heteroatoms. The van der Waals surface area contributed by atoms with Crippen LogP contribution in [0, 0.1) is 5.82 Å². The van der Waals surface area contributed by atoms with Crippen LogP contribution in [0.15, 0.2) is 71.6 Å². The Hall–Kier alpha value is -2.97. The number of amides is 1. The lowest BCUT2D eigenvalue weighted by atomic mass is 10.1. The molecule has 2 N–H and O–H groups in total. The zero-order valence-corrected chi connectivity index (χ0v) is 14.3. The van der Waals surface area contributed by atoms with Crippen molar-refractivity contribution in [2.24, 2.45) is 0 Å². The first-order chi connectivity index (χ1) is 12.4. The van der Waals surface area contributed by atoms with Crippen molar-refractivity contribution in [1.29, 1.82) is 0 Å². The normalized spacial score (nSPS) is 11.3. The third kappa shape index (κ3) is 4.35. The zero-order chi connectivity index (χ0) is 18.6. The van der Waals surface area contributed by atoms with E-state index in [2.05, 4.69) is 5.43 Å². The van der Waals surface area contributed by atoms with Crippen LogP contribution < -0.4 is 15.0 Å². The molecule has 0 fully saturated rings. The Labute approximate surface area is 149 Å². The summed E-state index contributed by atoms with van der Waals surface area (Å²) in [5, 5.41) is 1.67. The van der Waals surface area contributed by atoms with Crippen molar-refractivity contribution >= 4 is 26.7 Å². The quantitative estimate of drug-likeness (QED) is 0.649. The molecule has 0 aromatic heterocycles. The Kier molecular flexibility index (Phi) is 5.15. The third-order valence-electron chi connectivity index (χ3n) is 3.54. The SMILES string of the molecule is O=C(COc1ccc(F)cc1)NNS(=O)(=O)c1ccc2ccccc2c1. The van der Waals surface area contributed by atoms with Crippen molar-refractivity contribution in [3.05, 3.63) is 72.5 Å². The standard InChI is InChI=1S/C18H15FN2O4S/c19-15-6-8-16(9-7-15)25-12-18(22)20-21-26(23,24)17-10-5-13-3-1-2-4-14(13)11-17/h1-11,21H,12H2,(H,20,22). The van der Waals surface area contributed by atoms with E-state index >= 15 is 0 Å². The Bertz CT molecular complexity index is 1040. The lowest BCUT2D eigenvalue weighted by Crippen LogP contribution is -2.43. The second-order valence-corrected chi connectivity index (χ2v) is 7.09. The minimum Gasteiger partial charge on any atom is -0.484 e. The van der Waals surface area contributed by atoms with Gasteiger partial charge in [-0.1, -0.05) is 30.3 Å². The van der Waals surface area contributed by atoms with Gasteiger partial charge in [-0.05, 0) is 47.2 Å². The molecule has 0 saturated heterocycles. The fraction of sp³-hybridized carbons (Fsp3) is 0.0556. The number of fused-ring (bicyclic) bond motifs is 1. The predicted octanol–water partition coefficient (Wildman–Crippen LogP) is 2.37. The highest BCUT2D eigenvalue weighted by molar-refractivity contribution is 7.89. The zero-order valence-electron chi connectivity index (χ0n) is 13.5. The molecule has 0 spiro atoms. The molecule has 6 nitrogen and oxygen atoms in total. The van der Waals surface area contributed by atoms with Crippen molar-refractivity contribution in [2.75, 3.05) is 6.61 Å². The fourth-order valence-electron chi connectivity index (χ4n) is 2.23. The number of hydrazine groups is 1. The largest absolute Gasteiger partial charge is 0.484 e. The highest BCUT2D eigenvalue weighted by Gasteiger charge is 2.15. The number of hydrogen-bond acceptors (Lipinski definition) is 4. The molecule has 1 amide bonds. The van der Waals surface area contributed by atoms with Crippen LogP contribution in [0.4, 0.5) is 4.39 Å². The molecule has 3 rings (SSSR count). The lowest BCUT2D eigenvalue weighted by Gasteiger charge is -2.10. The average molecular weight is 374 g/mol. The highest BCUT2D eigenvalue weighted by atomic mass is 32.2. The van der Waals surface area contributed by atoms with E-state index in [1.165, 1.54) is 36.4 Å². The predicted molar refractivity (Wildman–Crippen MR) is 94.3 cm³/mol. The smallest absolute Gasteiger partial charge is 0.272 e. The van der Waals surface area contributed by atoms with Gasteiger partial charge < -0.3 is 4.74 Å². The minimum atomic E-state index is -3.92. The van der Waals surface area contributed by atoms with Crippen LogP contribution in [0.5, 0.6) is 5.75 Å². The van der Waals surface area contributed by atoms with E-state index in [-0.39, 0.29) is 4.90 Å². The van der Waals surface area contributed by atoms with Gasteiger partial charge in [-0.3, -0.25) is 10.2 Å². The van der Waals surface area contributed by atoms with Crippen molar-refractivity contribution in [2.45, 2.75) is 4.90 Å². The summed E-state index contributed by atoms with van der Waals surface area (Å²) in [7, 11) is -3.92. The van der Waals surface area contributed by atoms with Gasteiger partial charge >= 0.3 is 0 Å². The molecule has 3 aromatic carbocycles. The number of nitrogens with one attached hydrogen (secondary N) is 2. The summed E-state index contributed by atoms with van der Waals surface area (Å²) in [5.41, 5.74) is 2.08. The van der Waals surface area contributed by atoms with Crippen molar-refractivity contribution in [3.8, 4) is 5.75 Å². The first kappa shape index (κ1) is 17.8. The summed E-state index contributed by atoms with van der Waals surface area (Å²) in [5.74, 6) is -0.831. The van der Waals surface area contributed by atoms with E-state index in [0.29, 0.717) is 5.75 Å². The van der Waals surface area contributed by atoms with Gasteiger partial charge in [0.05, 0.1) is 4.90 Å². The molecule has 134 valence electrons. The molecular formula is C18H15FN2O4S. The van der Waals surface area contributed by atoms with E-state index in [0.717, 1.165) is 10.8 Å². The molecule has 0 bridgehead atoms. The van der Waals surface area contributed by atoms with Gasteiger partial charge in [0.1, 0.15) is 11.6 Å². The second-order valence-electron chi connectivity index (χ2n) is 5.41. The van der Waals surface area contributed by atoms with Crippen LogP contribution in [0.25, 0.3) is 10.8 Å². The Morgan fingerprint density at radius 1 is 0.962 bits per heavy atom. The number of benzene rings is 3. The van der Waals surface area contributed by atoms with E-state index in [1.807, 2.05) is 17.0 Å². The van der Waals surface area contributed by atoms with Crippen LogP contribution in [-0.4, -0.2) is 20.9 Å². The van der Waals surface area contributed by atoms with Gasteiger partial charge in [0, 0.05) is 0 Å². The molecule has 0 aliphatic rings. The summed E-state index contributed by atoms with van der Waals surface area (Å²) in [6.45, 7) is -0.425. The molecule has 0 unspecified atom stereocenters. The van der Waals surface area contributed by atoms with Gasteiger partial charge in [0.2, 0.25) is 0 Å². The average Bonchev–Trinajstić information content (AvgIpc) is 2.65. The number of rotatable bonds is 6. The topological polar surface area (TPSA) is 84.5 Å². The van der Waals surface area contributed by atoms with Gasteiger partial charge in [-0.25, -0.2) is 12.8 Å². The van der Waals surface area contributed by atoms with E-state index < -0.39 is 28.4 Å². The third-order valence-corrected chi connectivity index (χ3v) is 4.78. The maximum atomic E-state index is 12.8. The number of carbonyl (C=O) groups is 1. The van der Waals surface area contributed by atoms with Crippen molar-refractivity contribution in [1.82, 2.24) is 10.3 Å². The highest BCUT2D eigenvalue weighted by Crippen LogP contribution is 2.18. The number of sulfonamides is 1. The van der Waals surface area contributed by atoms with Crippen LogP contribution in [0.1, 0.15) is 0 Å². The molecule has 0 atom stereocenters. The molecule has 0 heterocycles. The fourth-order valence-corrected chi connectivity index (χ4v) is 3.13. The van der Waals surface area contributed by atoms with Crippen LogP contribution >= 0.6 is 0 Å². The Morgan fingerprint density at radius 2 is 1.65 bits per heavy atom. The molecule has 0 aliphatic heterocycles. The van der Waals surface area contributed by atoms with Gasteiger partial charge in [0.25, 0.3) is 15.9 Å². The molecular weight excluding hydrogens is 359 g/mol. The van der Waals surface area contributed by atoms with Gasteiger partial charge in [0.15, 0.2) is 6.61 Å². The molecule has 0 aliphatic carbocycles. The Balaban J connectivity index is 1.59. The first-order valence-corrected chi connectivity index (χ1v) is 9.10. The summed E-state index contributed by atoms with van der Waals surface area (Å²) >= 11 is 0. The maximum absolute atomic E-state index is 12.8. The summed E-state index contributed by atoms with van der Waals surface area (Å²) in [6, 6.07) is 17.1. The van der Waals surface area contributed by atoms with E-state index in [4.69, 9.17) is 4.74 Å². The molecule has 3 aromatic rings. The number of ether oxygens (including phenoxy) is 1. The number of hydrogen-bond donors (Lipinski definition) is 2. The number of carbonyl (C=O) groups excluding carboxylic acids is 1. The summed E-state index contributed by atoms with van der Waals surface area (Å²) in [6.07, 6.45) is 0. The number of halogens is 1. The molecule has 0 saturated carbocycles. The van der Waals surface area contributed by atoms with Crippen LogP contribution in [-0.2, 0) is 14.8 Å². The van der Waals surface area contributed by atoms with E-state index in [9.17, 15) is 17.6 Å². The van der Waals surface area contributed by atoms with Crippen molar-refractivity contribution < 1.29 is 22.3 Å². The second kappa shape index (κ2) is 7.51. The first-order valence-electron chi connectivity index (χ1n) is 7.62. The maximum Gasteiger partial charge on any atom is 0.272 e. The Morgan fingerprint density at radius 3 is 2.38 bits per heavy atom. The summed E-state index contributed by atoms with van der Waals surface area (Å²) < 4.78 is 42.5. The van der Waals surface area contributed by atoms with E-state index in [1.54, 1.807) is 18.2 Å². The minimum absolute atomic E-state index is 0.0240. The van der Waals surface area contributed by atoms with Gasteiger partial charge in [-0.2, -0.15) is 0 Å². The van der Waals surface area contributed by atoms with Crippen molar-refractivity contribution in [3.63, 3.8) is 0 Å². The summed E-state index contributed by atoms with van der Waals surface area (Å²) in [4.78, 5) is 13.8. The van der Waals surface area contributed by atoms with Gasteiger partial charge in [-0.15, -0.1) is 4.83 Å². The lowest BCUT2D eigenvalue weighted by molar-refractivity contribution is -0.123. The molecule has 0 radical (unpaired) electrons. The molecule has 26 heavy (non-hydrogen) atoms.